The van der Waals surface area contributed by atoms with Gasteiger partial charge in [0.2, 0.25) is 23.3 Å². The van der Waals surface area contributed by atoms with Gasteiger partial charge in [0.15, 0.2) is 11.4 Å². The van der Waals surface area contributed by atoms with Gasteiger partial charge in [0.05, 0.1) is 6.61 Å². The second-order valence-electron chi connectivity index (χ2n) is 7.20. The first-order chi connectivity index (χ1) is 14.5. The fourth-order valence-electron chi connectivity index (χ4n) is 3.76. The fraction of sp³-hybridized carbons (Fsp3) is 0.250. The maximum Gasteiger partial charge on any atom is 0.245 e. The zero-order valence-corrected chi connectivity index (χ0v) is 15.6. The second kappa shape index (κ2) is 6.92. The molecule has 0 amide bonds. The molecule has 1 aliphatic rings. The van der Waals surface area contributed by atoms with Gasteiger partial charge < -0.3 is 50.0 Å². The highest BCUT2D eigenvalue weighted by Crippen LogP contribution is 2.47. The maximum atomic E-state index is 12.7. The molecule has 1 saturated heterocycles. The van der Waals surface area contributed by atoms with Gasteiger partial charge in [-0.25, -0.2) is 0 Å². The molecule has 11 nitrogen and oxygen atoms in total. The Morgan fingerprint density at radius 3 is 2.32 bits per heavy atom. The smallest absolute Gasteiger partial charge is 0.245 e. The summed E-state index contributed by atoms with van der Waals surface area (Å²) in [4.78, 5) is 12.7. The summed E-state index contributed by atoms with van der Waals surface area (Å²) in [6.07, 6.45) is -4.54. The van der Waals surface area contributed by atoms with Crippen LogP contribution in [0.5, 0.6) is 17.2 Å². The highest BCUT2D eigenvalue weighted by Gasteiger charge is 2.64. The van der Waals surface area contributed by atoms with Crippen LogP contribution in [-0.2, 0) is 10.3 Å². The molecule has 0 radical (unpaired) electrons. The quantitative estimate of drug-likeness (QED) is 0.239. The largest absolute Gasteiger partial charge is 0.508 e. The summed E-state index contributed by atoms with van der Waals surface area (Å²) < 4.78 is 10.7. The molecule has 2 heterocycles. The number of hydrogen-bond donors (Lipinski definition) is 8. The highest BCUT2D eigenvalue weighted by molar-refractivity contribution is 5.88. The molecule has 0 spiro atoms. The number of phenols is 2. The molecule has 2 aromatic carbocycles. The summed E-state index contributed by atoms with van der Waals surface area (Å²) in [7, 11) is 0. The van der Waals surface area contributed by atoms with E-state index in [1.54, 1.807) is 0 Å². The molecule has 164 valence electrons. The zero-order chi connectivity index (χ0) is 22.7. The lowest BCUT2D eigenvalue weighted by Crippen LogP contribution is -2.52. The minimum absolute atomic E-state index is 0.111. The van der Waals surface area contributed by atoms with Crippen LogP contribution in [0.2, 0.25) is 0 Å². The van der Waals surface area contributed by atoms with E-state index in [0.717, 1.165) is 12.1 Å². The van der Waals surface area contributed by atoms with Crippen LogP contribution in [0.3, 0.4) is 0 Å². The minimum Gasteiger partial charge on any atom is -0.508 e. The van der Waals surface area contributed by atoms with Crippen LogP contribution in [0.4, 0.5) is 0 Å². The van der Waals surface area contributed by atoms with Crippen molar-refractivity contribution in [3.05, 3.63) is 52.2 Å². The van der Waals surface area contributed by atoms with Crippen LogP contribution in [0.1, 0.15) is 5.56 Å². The molecule has 0 aliphatic carbocycles. The molecule has 1 aliphatic heterocycles. The molecule has 8 N–H and O–H groups in total. The van der Waals surface area contributed by atoms with Gasteiger partial charge in [-0.15, -0.1) is 0 Å². The number of ether oxygens (including phenoxy) is 1. The van der Waals surface area contributed by atoms with Crippen LogP contribution >= 0.6 is 0 Å². The molecule has 3 aromatic rings. The number of aromatic hydroxyl groups is 3. The number of hydrogen-bond acceptors (Lipinski definition) is 11. The summed E-state index contributed by atoms with van der Waals surface area (Å²) in [5, 5.41) is 80.0. The molecule has 11 heteroatoms. The van der Waals surface area contributed by atoms with Gasteiger partial charge in [-0.3, -0.25) is 4.79 Å². The summed E-state index contributed by atoms with van der Waals surface area (Å²) in [6, 6.07) is 7.40. The van der Waals surface area contributed by atoms with Gasteiger partial charge in [-0.2, -0.15) is 0 Å². The predicted molar refractivity (Wildman–Crippen MR) is 102 cm³/mol. The van der Waals surface area contributed by atoms with Crippen LogP contribution in [0.15, 0.2) is 45.6 Å². The van der Waals surface area contributed by atoms with Crippen LogP contribution in [-0.4, -0.2) is 65.6 Å². The first-order valence-electron chi connectivity index (χ1n) is 8.95. The lowest BCUT2D eigenvalue weighted by molar-refractivity contribution is -0.282. The van der Waals surface area contributed by atoms with Gasteiger partial charge in [0.1, 0.15) is 28.6 Å². The third-order valence-corrected chi connectivity index (χ3v) is 5.33. The highest BCUT2D eigenvalue weighted by atomic mass is 16.7. The first kappa shape index (κ1) is 21.1. The van der Waals surface area contributed by atoms with Gasteiger partial charge in [0, 0.05) is 23.3 Å². The molecule has 3 atom stereocenters. The number of benzene rings is 2. The lowest BCUT2D eigenvalue weighted by Gasteiger charge is -2.32. The number of aliphatic hydroxyl groups excluding tert-OH is 3. The topological polar surface area (TPSA) is 201 Å². The van der Waals surface area contributed by atoms with Crippen molar-refractivity contribution in [3.63, 3.8) is 0 Å². The van der Waals surface area contributed by atoms with Gasteiger partial charge in [0.25, 0.3) is 0 Å². The molecule has 1 fully saturated rings. The Morgan fingerprint density at radius 2 is 1.71 bits per heavy atom. The Labute approximate surface area is 172 Å². The molecule has 0 unspecified atom stereocenters. The van der Waals surface area contributed by atoms with Crippen molar-refractivity contribution in [3.8, 4) is 28.6 Å². The average Bonchev–Trinajstić information content (AvgIpc) is 2.90. The molecular weight excluding hydrogens is 416 g/mol. The van der Waals surface area contributed by atoms with Crippen molar-refractivity contribution in [1.29, 1.82) is 0 Å². The zero-order valence-electron chi connectivity index (χ0n) is 15.6. The van der Waals surface area contributed by atoms with E-state index in [2.05, 4.69) is 0 Å². The van der Waals surface area contributed by atoms with Crippen molar-refractivity contribution < 1.29 is 50.0 Å². The van der Waals surface area contributed by atoms with Crippen molar-refractivity contribution in [2.75, 3.05) is 6.61 Å². The standard InChI is InChI=1S/C20H18O11/c21-7-19(17(26)20(28,29)18(27)31-19)10-4-2-1-3-9(10)16-15(25)14(24)13-11(23)5-8(22)6-12(13)30-16/h1-6,17-18,21-23,25-29H,7H2/t17-,18+,19+/m1/s1. The first-order valence-corrected chi connectivity index (χ1v) is 8.95. The summed E-state index contributed by atoms with van der Waals surface area (Å²) in [6.45, 7) is -1.04. The molecule has 0 bridgehead atoms. The van der Waals surface area contributed by atoms with E-state index < -0.39 is 64.2 Å². The van der Waals surface area contributed by atoms with Crippen molar-refractivity contribution in [2.45, 2.75) is 23.8 Å². The number of aliphatic hydroxyl groups is 5. The second-order valence-corrected chi connectivity index (χ2v) is 7.20. The van der Waals surface area contributed by atoms with Gasteiger partial charge in [-0.05, 0) is 0 Å². The summed E-state index contributed by atoms with van der Waals surface area (Å²) in [5.41, 5.74) is -3.86. The molecule has 1 aromatic heterocycles. The van der Waals surface area contributed by atoms with Gasteiger partial charge >= 0.3 is 0 Å². The van der Waals surface area contributed by atoms with E-state index in [-0.39, 0.29) is 16.7 Å². The Kier molecular flexibility index (Phi) is 4.70. The Bertz CT molecular complexity index is 1230. The van der Waals surface area contributed by atoms with E-state index in [9.17, 15) is 45.6 Å². The van der Waals surface area contributed by atoms with Crippen LogP contribution < -0.4 is 5.43 Å². The number of fused-ring (bicyclic) bond motifs is 1. The molecular formula is C20H18O11. The third-order valence-electron chi connectivity index (χ3n) is 5.33. The van der Waals surface area contributed by atoms with E-state index in [1.165, 1.54) is 24.3 Å². The van der Waals surface area contributed by atoms with E-state index in [1.807, 2.05) is 0 Å². The van der Waals surface area contributed by atoms with Crippen LogP contribution in [0.25, 0.3) is 22.3 Å². The fourth-order valence-corrected chi connectivity index (χ4v) is 3.76. The average molecular weight is 434 g/mol. The van der Waals surface area contributed by atoms with Crippen molar-refractivity contribution >= 4 is 11.0 Å². The molecule has 4 rings (SSSR count). The molecule has 0 saturated carbocycles. The van der Waals surface area contributed by atoms with E-state index in [4.69, 9.17) is 9.15 Å². The van der Waals surface area contributed by atoms with E-state index in [0.29, 0.717) is 0 Å². The van der Waals surface area contributed by atoms with E-state index >= 15 is 0 Å². The maximum absolute atomic E-state index is 12.7. The predicted octanol–water partition coefficient (Wildman–Crippen LogP) is -0.845. The van der Waals surface area contributed by atoms with Crippen molar-refractivity contribution in [2.24, 2.45) is 0 Å². The Balaban J connectivity index is 2.02. The number of rotatable bonds is 3. The van der Waals surface area contributed by atoms with Crippen LogP contribution in [0, 0.1) is 0 Å². The summed E-state index contributed by atoms with van der Waals surface area (Å²) in [5.74, 6) is -5.62. The number of phenolic OH excluding ortho intramolecular Hbond substituents is 2. The Hall–Kier alpha value is -3.19. The SMILES string of the molecule is O=c1c(O)c(-c2ccccc2[C@]2(CO)O[C@H](O)C(O)(O)[C@@H]2O)oc2cc(O)cc(O)c12. The van der Waals surface area contributed by atoms with Gasteiger partial charge in [-0.1, -0.05) is 24.3 Å². The molecule has 31 heavy (non-hydrogen) atoms. The monoisotopic (exact) mass is 434 g/mol. The lowest BCUT2D eigenvalue weighted by atomic mass is 9.83. The van der Waals surface area contributed by atoms with Crippen molar-refractivity contribution in [1.82, 2.24) is 0 Å². The minimum atomic E-state index is -3.14. The normalized spacial score (nSPS) is 25.2. The summed E-state index contributed by atoms with van der Waals surface area (Å²) >= 11 is 0. The third kappa shape index (κ3) is 2.87. The Morgan fingerprint density at radius 1 is 1.03 bits per heavy atom.